The highest BCUT2D eigenvalue weighted by Gasteiger charge is 2.48. The molecule has 1 aliphatic carbocycles. The first-order valence-electron chi connectivity index (χ1n) is 9.85. The number of carbonyl (C=O) groups is 1. The van der Waals surface area contributed by atoms with Gasteiger partial charge in [0, 0.05) is 23.6 Å². The van der Waals surface area contributed by atoms with Crippen LogP contribution < -0.4 is 10.1 Å². The number of nitrogens with one attached hydrogen (secondary N) is 1. The molecule has 0 amide bonds. The lowest BCUT2D eigenvalue weighted by Crippen LogP contribution is -2.30. The Hall–Kier alpha value is -2.40. The van der Waals surface area contributed by atoms with Gasteiger partial charge in [-0.05, 0) is 62.6 Å². The molecular weight excluding hydrogens is 357 g/mol. The summed E-state index contributed by atoms with van der Waals surface area (Å²) in [6, 6.07) is 8.67. The predicted molar refractivity (Wildman–Crippen MR) is 105 cm³/mol. The van der Waals surface area contributed by atoms with Crippen molar-refractivity contribution in [2.45, 2.75) is 39.4 Å². The standard InChI is InChI=1S/C23H26FNO3/c1-13-10-20(27-12-15-6-4-5-7-19(15)24)14(2)21-16(13)8-9-17-18(11-25-3)23(26)28-22(17)21/h4-7,10,17-18,22,25H,8-9,11-12H2,1-3H3/t17-,18?,22+/m0/s1. The Balaban J connectivity index is 1.66. The predicted octanol–water partition coefficient (Wildman–Crippen LogP) is 4.02. The average molecular weight is 383 g/mol. The van der Waals surface area contributed by atoms with E-state index in [-0.39, 0.29) is 36.3 Å². The maximum Gasteiger partial charge on any atom is 0.311 e. The molecule has 0 saturated carbocycles. The van der Waals surface area contributed by atoms with Crippen LogP contribution in [0.1, 0.15) is 40.3 Å². The molecule has 2 aromatic rings. The summed E-state index contributed by atoms with van der Waals surface area (Å²) in [5, 5.41) is 3.12. The fourth-order valence-electron chi connectivity index (χ4n) is 4.68. The van der Waals surface area contributed by atoms with E-state index < -0.39 is 0 Å². The fourth-order valence-corrected chi connectivity index (χ4v) is 4.68. The quantitative estimate of drug-likeness (QED) is 0.793. The summed E-state index contributed by atoms with van der Waals surface area (Å²) in [5.41, 5.74) is 5.00. The molecule has 0 aromatic heterocycles. The number of halogens is 1. The van der Waals surface area contributed by atoms with Gasteiger partial charge in [0.25, 0.3) is 0 Å². The molecule has 0 spiro atoms. The third-order valence-corrected chi connectivity index (χ3v) is 6.15. The zero-order valence-corrected chi connectivity index (χ0v) is 16.5. The van der Waals surface area contributed by atoms with E-state index in [2.05, 4.69) is 12.2 Å². The Bertz CT molecular complexity index is 911. The van der Waals surface area contributed by atoms with Gasteiger partial charge in [-0.15, -0.1) is 0 Å². The van der Waals surface area contributed by atoms with Gasteiger partial charge in [0.1, 0.15) is 24.3 Å². The number of aryl methyl sites for hydroxylation is 1. The molecule has 4 nitrogen and oxygen atoms in total. The largest absolute Gasteiger partial charge is 0.489 e. The summed E-state index contributed by atoms with van der Waals surface area (Å²) < 4.78 is 25.8. The first kappa shape index (κ1) is 18.9. The van der Waals surface area contributed by atoms with Crippen molar-refractivity contribution in [1.82, 2.24) is 5.32 Å². The van der Waals surface area contributed by atoms with Crippen LogP contribution in [0.5, 0.6) is 5.75 Å². The van der Waals surface area contributed by atoms with Crippen LogP contribution >= 0.6 is 0 Å². The Labute approximate surface area is 165 Å². The van der Waals surface area contributed by atoms with Crippen LogP contribution in [0, 0.1) is 31.5 Å². The van der Waals surface area contributed by atoms with E-state index in [0.717, 1.165) is 35.3 Å². The van der Waals surface area contributed by atoms with Gasteiger partial charge in [-0.3, -0.25) is 4.79 Å². The van der Waals surface area contributed by atoms with Gasteiger partial charge in [-0.1, -0.05) is 18.2 Å². The summed E-state index contributed by atoms with van der Waals surface area (Å²) >= 11 is 0. The topological polar surface area (TPSA) is 47.6 Å². The SMILES string of the molecule is CNCC1C(=O)O[C@H]2c3c(C)c(OCc4ccccc4F)cc(C)c3CC[C@@H]12. The lowest BCUT2D eigenvalue weighted by molar-refractivity contribution is -0.144. The highest BCUT2D eigenvalue weighted by molar-refractivity contribution is 5.76. The molecular formula is C23H26FNO3. The maximum absolute atomic E-state index is 13.9. The summed E-state index contributed by atoms with van der Waals surface area (Å²) in [4.78, 5) is 12.4. The third-order valence-electron chi connectivity index (χ3n) is 6.15. The summed E-state index contributed by atoms with van der Waals surface area (Å²) in [5.74, 6) is 0.424. The number of hydrogen-bond donors (Lipinski definition) is 1. The van der Waals surface area contributed by atoms with Gasteiger partial charge in [0.2, 0.25) is 0 Å². The highest BCUT2D eigenvalue weighted by atomic mass is 19.1. The van der Waals surface area contributed by atoms with E-state index in [9.17, 15) is 9.18 Å². The number of carbonyl (C=O) groups excluding carboxylic acids is 1. The second-order valence-corrected chi connectivity index (χ2v) is 7.81. The second kappa shape index (κ2) is 7.55. The molecule has 28 heavy (non-hydrogen) atoms. The number of ether oxygens (including phenoxy) is 2. The van der Waals surface area contributed by atoms with E-state index in [1.807, 2.05) is 20.0 Å². The molecule has 1 fully saturated rings. The van der Waals surface area contributed by atoms with Crippen molar-refractivity contribution in [3.8, 4) is 5.75 Å². The molecule has 1 N–H and O–H groups in total. The normalized spacial score (nSPS) is 23.1. The minimum Gasteiger partial charge on any atom is -0.489 e. The van der Waals surface area contributed by atoms with Gasteiger partial charge >= 0.3 is 5.97 Å². The van der Waals surface area contributed by atoms with Crippen molar-refractivity contribution in [1.29, 1.82) is 0 Å². The molecule has 5 heteroatoms. The van der Waals surface area contributed by atoms with Crippen LogP contribution in [-0.4, -0.2) is 19.6 Å². The zero-order chi connectivity index (χ0) is 19.8. The first-order chi connectivity index (χ1) is 13.5. The number of rotatable bonds is 5. The van der Waals surface area contributed by atoms with Crippen LogP contribution in [0.3, 0.4) is 0 Å². The molecule has 1 aliphatic heterocycles. The van der Waals surface area contributed by atoms with Gasteiger partial charge < -0.3 is 14.8 Å². The molecule has 4 rings (SSSR count). The van der Waals surface area contributed by atoms with Crippen molar-refractivity contribution in [2.75, 3.05) is 13.6 Å². The molecule has 148 valence electrons. The summed E-state index contributed by atoms with van der Waals surface area (Å²) in [6.45, 7) is 4.88. The molecule has 1 saturated heterocycles. The number of esters is 1. The highest BCUT2D eigenvalue weighted by Crippen LogP contribution is 2.49. The zero-order valence-electron chi connectivity index (χ0n) is 16.5. The minimum atomic E-state index is -0.269. The van der Waals surface area contributed by atoms with E-state index in [1.165, 1.54) is 11.6 Å². The van der Waals surface area contributed by atoms with Crippen LogP contribution in [0.15, 0.2) is 30.3 Å². The number of benzene rings is 2. The molecule has 0 bridgehead atoms. The number of fused-ring (bicyclic) bond motifs is 3. The molecule has 0 radical (unpaired) electrons. The molecule has 1 heterocycles. The van der Waals surface area contributed by atoms with Crippen LogP contribution in [0.25, 0.3) is 0 Å². The van der Waals surface area contributed by atoms with Crippen LogP contribution in [0.4, 0.5) is 4.39 Å². The van der Waals surface area contributed by atoms with Gasteiger partial charge in [0.15, 0.2) is 0 Å². The van der Waals surface area contributed by atoms with E-state index in [0.29, 0.717) is 12.1 Å². The van der Waals surface area contributed by atoms with Gasteiger partial charge in [-0.25, -0.2) is 4.39 Å². The van der Waals surface area contributed by atoms with E-state index >= 15 is 0 Å². The van der Waals surface area contributed by atoms with Crippen molar-refractivity contribution in [2.24, 2.45) is 11.8 Å². The Morgan fingerprint density at radius 2 is 2.07 bits per heavy atom. The Morgan fingerprint density at radius 3 is 2.82 bits per heavy atom. The van der Waals surface area contributed by atoms with Crippen molar-refractivity contribution >= 4 is 5.97 Å². The molecule has 2 aliphatic rings. The lowest BCUT2D eigenvalue weighted by atomic mass is 9.74. The van der Waals surface area contributed by atoms with Crippen LogP contribution in [-0.2, 0) is 22.6 Å². The summed E-state index contributed by atoms with van der Waals surface area (Å²) in [6.07, 6.45) is 1.67. The van der Waals surface area contributed by atoms with Crippen molar-refractivity contribution < 1.29 is 18.7 Å². The average Bonchev–Trinajstić information content (AvgIpc) is 3.00. The maximum atomic E-state index is 13.9. The van der Waals surface area contributed by atoms with Crippen LogP contribution in [0.2, 0.25) is 0 Å². The number of hydrogen-bond acceptors (Lipinski definition) is 4. The molecule has 2 aromatic carbocycles. The van der Waals surface area contributed by atoms with Crippen molar-refractivity contribution in [3.63, 3.8) is 0 Å². The smallest absolute Gasteiger partial charge is 0.311 e. The van der Waals surface area contributed by atoms with E-state index in [1.54, 1.807) is 18.2 Å². The Morgan fingerprint density at radius 1 is 1.29 bits per heavy atom. The van der Waals surface area contributed by atoms with Gasteiger partial charge in [-0.2, -0.15) is 0 Å². The van der Waals surface area contributed by atoms with Crippen molar-refractivity contribution in [3.05, 3.63) is 64.0 Å². The van der Waals surface area contributed by atoms with E-state index in [4.69, 9.17) is 9.47 Å². The lowest BCUT2D eigenvalue weighted by Gasteiger charge is -2.31. The molecule has 3 atom stereocenters. The Kier molecular flexibility index (Phi) is 5.11. The van der Waals surface area contributed by atoms with Gasteiger partial charge in [0.05, 0.1) is 5.92 Å². The third kappa shape index (κ3) is 3.18. The minimum absolute atomic E-state index is 0.106. The molecule has 1 unspecified atom stereocenters. The fraction of sp³-hybridized carbons (Fsp3) is 0.435. The first-order valence-corrected chi connectivity index (χ1v) is 9.85. The second-order valence-electron chi connectivity index (χ2n) is 7.81. The monoisotopic (exact) mass is 383 g/mol. The summed E-state index contributed by atoms with van der Waals surface area (Å²) in [7, 11) is 1.86.